The Kier molecular flexibility index (Phi) is 8.75. The molecule has 1 aliphatic carbocycles. The normalized spacial score (nSPS) is 13.6. The molecule has 0 unspecified atom stereocenters. The highest BCUT2D eigenvalue weighted by Gasteiger charge is 2.44. The van der Waals surface area contributed by atoms with E-state index in [1.54, 1.807) is 20.8 Å². The minimum Gasteiger partial charge on any atom is -0.0779 e. The number of benzene rings is 3. The van der Waals surface area contributed by atoms with Crippen molar-refractivity contribution in [3.8, 4) is 0 Å². The summed E-state index contributed by atoms with van der Waals surface area (Å²) in [7, 11) is -2.51. The zero-order chi connectivity index (χ0) is 26.6. The molecule has 0 aromatic heterocycles. The highest BCUT2D eigenvalue weighted by Crippen LogP contribution is 2.29. The third kappa shape index (κ3) is 5.34. The maximum Gasteiger partial charge on any atom is 0.176 e. The van der Waals surface area contributed by atoms with Crippen molar-refractivity contribution in [1.29, 1.82) is 0 Å². The topological polar surface area (TPSA) is 0 Å². The quantitative estimate of drug-likeness (QED) is 0.199. The first-order valence-corrected chi connectivity index (χ1v) is 16.7. The van der Waals surface area contributed by atoms with Gasteiger partial charge in [-0.1, -0.05) is 119 Å². The lowest BCUT2D eigenvalue weighted by molar-refractivity contribution is 1.09. The van der Waals surface area contributed by atoms with Gasteiger partial charge in [-0.2, -0.15) is 0 Å². The van der Waals surface area contributed by atoms with E-state index < -0.39 is 8.07 Å². The minimum atomic E-state index is -2.51. The van der Waals surface area contributed by atoms with Crippen LogP contribution in [0, 0.1) is 0 Å². The average molecular weight is 507 g/mol. The van der Waals surface area contributed by atoms with E-state index in [0.29, 0.717) is 0 Å². The van der Waals surface area contributed by atoms with Crippen molar-refractivity contribution in [2.75, 3.05) is 0 Å². The molecule has 0 spiro atoms. The van der Waals surface area contributed by atoms with E-state index in [4.69, 9.17) is 0 Å². The van der Waals surface area contributed by atoms with Crippen molar-refractivity contribution >= 4 is 23.6 Å². The average Bonchev–Trinajstić information content (AvgIpc) is 3.38. The molecule has 0 nitrogen and oxygen atoms in total. The van der Waals surface area contributed by atoms with Crippen molar-refractivity contribution < 1.29 is 0 Å². The van der Waals surface area contributed by atoms with Crippen molar-refractivity contribution in [3.05, 3.63) is 111 Å². The fourth-order valence-electron chi connectivity index (χ4n) is 6.14. The monoisotopic (exact) mass is 506 g/mol. The number of aryl methyl sites for hydroxylation is 6. The first kappa shape index (κ1) is 27.4. The lowest BCUT2D eigenvalue weighted by Gasteiger charge is -2.37. The lowest BCUT2D eigenvalue weighted by Crippen LogP contribution is -2.69. The van der Waals surface area contributed by atoms with Crippen LogP contribution in [-0.4, -0.2) is 8.07 Å². The van der Waals surface area contributed by atoms with Crippen LogP contribution < -0.4 is 15.6 Å². The van der Waals surface area contributed by atoms with Gasteiger partial charge in [-0.15, -0.1) is 0 Å². The van der Waals surface area contributed by atoms with Crippen LogP contribution in [0.15, 0.2) is 77.5 Å². The molecule has 3 aromatic rings. The van der Waals surface area contributed by atoms with E-state index in [-0.39, 0.29) is 0 Å². The van der Waals surface area contributed by atoms with Gasteiger partial charge < -0.3 is 0 Å². The maximum absolute atomic E-state index is 2.58. The number of allylic oxidation sites excluding steroid dienone is 4. The van der Waals surface area contributed by atoms with Gasteiger partial charge in [-0.3, -0.25) is 0 Å². The molecule has 4 rings (SSSR count). The van der Waals surface area contributed by atoms with Crippen molar-refractivity contribution in [2.24, 2.45) is 0 Å². The Balaban J connectivity index is 2.22. The van der Waals surface area contributed by atoms with Crippen LogP contribution in [0.25, 0.3) is 0 Å². The van der Waals surface area contributed by atoms with Crippen LogP contribution in [0.1, 0.15) is 88.3 Å². The largest absolute Gasteiger partial charge is 0.176 e. The van der Waals surface area contributed by atoms with Crippen LogP contribution in [0.2, 0.25) is 0 Å². The van der Waals surface area contributed by atoms with E-state index in [1.165, 1.54) is 39.0 Å². The molecule has 37 heavy (non-hydrogen) atoms. The summed E-state index contributed by atoms with van der Waals surface area (Å²) in [6.07, 6.45) is 12.5. The molecule has 0 radical (unpaired) electrons. The minimum absolute atomic E-state index is 1.06. The second-order valence-electron chi connectivity index (χ2n) is 10.8. The molecule has 3 aromatic carbocycles. The lowest BCUT2D eigenvalue weighted by atomic mass is 10.1. The maximum atomic E-state index is 2.58. The molecule has 0 amide bonds. The summed E-state index contributed by atoms with van der Waals surface area (Å²) in [4.78, 5) is 0. The summed E-state index contributed by atoms with van der Waals surface area (Å²) in [5, 5.41) is 6.36. The van der Waals surface area contributed by atoms with Crippen LogP contribution in [0.3, 0.4) is 0 Å². The molecular formula is C36H46Si. The zero-order valence-corrected chi connectivity index (χ0v) is 25.3. The van der Waals surface area contributed by atoms with E-state index in [9.17, 15) is 0 Å². The Hall–Kier alpha value is -2.64. The van der Waals surface area contributed by atoms with Crippen molar-refractivity contribution in [3.63, 3.8) is 0 Å². The molecule has 0 aliphatic heterocycles. The number of hydrogen-bond acceptors (Lipinski definition) is 0. The molecule has 0 N–H and O–H groups in total. The molecule has 0 heterocycles. The Labute approximate surface area is 227 Å². The van der Waals surface area contributed by atoms with E-state index >= 15 is 0 Å². The highest BCUT2D eigenvalue weighted by molar-refractivity contribution is 7.16. The van der Waals surface area contributed by atoms with E-state index in [2.05, 4.69) is 115 Å². The number of rotatable bonds is 10. The van der Waals surface area contributed by atoms with Gasteiger partial charge >= 0.3 is 0 Å². The van der Waals surface area contributed by atoms with Crippen molar-refractivity contribution in [2.45, 2.75) is 93.4 Å². The van der Waals surface area contributed by atoms with Crippen LogP contribution >= 0.6 is 0 Å². The predicted octanol–water partition coefficient (Wildman–Crippen LogP) is 7.35. The molecule has 0 saturated heterocycles. The van der Waals surface area contributed by atoms with Gasteiger partial charge in [0.15, 0.2) is 8.07 Å². The summed E-state index contributed by atoms with van der Waals surface area (Å²) in [5.74, 6) is 0. The molecular weight excluding hydrogens is 460 g/mol. The first-order chi connectivity index (χ1) is 17.9. The summed E-state index contributed by atoms with van der Waals surface area (Å²) < 4.78 is 0. The first-order valence-electron chi connectivity index (χ1n) is 14.7. The van der Waals surface area contributed by atoms with Gasteiger partial charge in [0.1, 0.15) is 0 Å². The third-order valence-electron chi connectivity index (χ3n) is 8.43. The Morgan fingerprint density at radius 2 is 0.784 bits per heavy atom. The van der Waals surface area contributed by atoms with Gasteiger partial charge in [0, 0.05) is 0 Å². The SMILES string of the molecule is CCc1cc(CC)cc([Si](C2=CC(C)=CC2)(c2cc(CC)cc(CC)c2)c2cc(CC)cc(CC)c2)c1. The van der Waals surface area contributed by atoms with E-state index in [0.717, 1.165) is 44.9 Å². The third-order valence-corrected chi connectivity index (χ3v) is 13.2. The Bertz CT molecular complexity index is 1120. The molecule has 0 saturated carbocycles. The highest BCUT2D eigenvalue weighted by atomic mass is 28.3. The molecule has 194 valence electrons. The molecule has 0 atom stereocenters. The molecule has 1 heteroatoms. The van der Waals surface area contributed by atoms with Gasteiger partial charge in [0.25, 0.3) is 0 Å². The van der Waals surface area contributed by atoms with Crippen molar-refractivity contribution in [1.82, 2.24) is 0 Å². The Morgan fingerprint density at radius 3 is 1.00 bits per heavy atom. The van der Waals surface area contributed by atoms with Gasteiger partial charge in [0.2, 0.25) is 0 Å². The standard InChI is InChI=1S/C36H46Si/c1-8-27-17-28(9-2)21-34(20-27)37(33-15-14-26(7)16-33,35-22-29(10-3)18-30(11-4)23-35)36-24-31(12-5)19-32(13-6)25-36/h14,16-25H,8-13,15H2,1-7H3. The van der Waals surface area contributed by atoms with Crippen LogP contribution in [-0.2, 0) is 38.5 Å². The van der Waals surface area contributed by atoms with Gasteiger partial charge in [0.05, 0.1) is 0 Å². The smallest absolute Gasteiger partial charge is 0.0779 e. The van der Waals surface area contributed by atoms with E-state index in [1.807, 2.05) is 0 Å². The zero-order valence-electron chi connectivity index (χ0n) is 24.3. The van der Waals surface area contributed by atoms with Crippen LogP contribution in [0.5, 0.6) is 0 Å². The summed E-state index contributed by atoms with van der Waals surface area (Å²) in [6, 6.07) is 22.8. The fourth-order valence-corrected chi connectivity index (χ4v) is 11.5. The Morgan fingerprint density at radius 1 is 0.486 bits per heavy atom. The van der Waals surface area contributed by atoms with Gasteiger partial charge in [-0.25, -0.2) is 0 Å². The number of hydrogen-bond donors (Lipinski definition) is 0. The molecule has 0 bridgehead atoms. The summed E-state index contributed by atoms with van der Waals surface area (Å²) in [5.41, 5.74) is 10.2. The summed E-state index contributed by atoms with van der Waals surface area (Å²) in [6.45, 7) is 16.1. The fraction of sp³-hybridized carbons (Fsp3) is 0.389. The second kappa shape index (κ2) is 11.8. The molecule has 1 aliphatic rings. The summed E-state index contributed by atoms with van der Waals surface area (Å²) >= 11 is 0. The molecule has 0 fully saturated rings. The van der Waals surface area contributed by atoms with Crippen LogP contribution in [0.4, 0.5) is 0 Å². The van der Waals surface area contributed by atoms with Gasteiger partial charge in [-0.05, 0) is 101 Å². The second-order valence-corrected chi connectivity index (χ2v) is 14.7. The predicted molar refractivity (Wildman–Crippen MR) is 167 cm³/mol.